The van der Waals surface area contributed by atoms with Crippen LogP contribution in [0.25, 0.3) is 0 Å². The predicted molar refractivity (Wildman–Crippen MR) is 110 cm³/mol. The first kappa shape index (κ1) is 22.8. The predicted octanol–water partition coefficient (Wildman–Crippen LogP) is 5.00. The zero-order chi connectivity index (χ0) is 19.3. The van der Waals surface area contributed by atoms with Crippen molar-refractivity contribution in [2.24, 2.45) is 5.92 Å². The van der Waals surface area contributed by atoms with Gasteiger partial charge in [-0.1, -0.05) is 48.8 Å². The van der Waals surface area contributed by atoms with Crippen molar-refractivity contribution in [3.8, 4) is 0 Å². The first-order valence-corrected chi connectivity index (χ1v) is 14.0. The third-order valence-electron chi connectivity index (χ3n) is 4.76. The van der Waals surface area contributed by atoms with Gasteiger partial charge in [-0.05, 0) is 48.7 Å². The number of hydrogen-bond donors (Lipinski definition) is 0. The van der Waals surface area contributed by atoms with E-state index in [0.717, 1.165) is 23.6 Å². The summed E-state index contributed by atoms with van der Waals surface area (Å²) in [7, 11) is -5.31. The minimum atomic E-state index is -3.44. The van der Waals surface area contributed by atoms with Crippen LogP contribution in [0.15, 0.2) is 28.7 Å². The van der Waals surface area contributed by atoms with Gasteiger partial charge in [-0.25, -0.2) is 0 Å². The van der Waals surface area contributed by atoms with Crippen molar-refractivity contribution in [3.05, 3.63) is 34.3 Å². The summed E-state index contributed by atoms with van der Waals surface area (Å²) in [5.41, 5.74) is 1.22. The van der Waals surface area contributed by atoms with E-state index >= 15 is 0 Å². The topological polar surface area (TPSA) is 52.6 Å². The maximum absolute atomic E-state index is 11.3. The molecule has 1 rings (SSSR count). The Hall–Kier alpha value is -0.213. The van der Waals surface area contributed by atoms with Crippen molar-refractivity contribution in [1.82, 2.24) is 0 Å². The first-order valence-electron chi connectivity index (χ1n) is 8.53. The van der Waals surface area contributed by atoms with Crippen molar-refractivity contribution in [2.75, 3.05) is 19.5 Å². The Kier molecular flexibility index (Phi) is 8.33. The highest BCUT2D eigenvalue weighted by atomic mass is 79.9. The molecule has 0 N–H and O–H groups in total. The Bertz CT molecular complexity index is 636. The second-order valence-corrected chi connectivity index (χ2v) is 15.5. The number of benzene rings is 1. The zero-order valence-corrected chi connectivity index (χ0v) is 19.5. The lowest BCUT2D eigenvalue weighted by atomic mass is 10.0. The molecule has 4 nitrogen and oxygen atoms in total. The van der Waals surface area contributed by atoms with Crippen LogP contribution in [0.5, 0.6) is 0 Å². The maximum atomic E-state index is 11.3. The lowest BCUT2D eigenvalue weighted by Gasteiger charge is -2.37. The second kappa shape index (κ2) is 9.13. The molecule has 0 radical (unpaired) electrons. The molecular formula is C18H31BrO4SSi. The largest absolute Gasteiger partial charge is 0.416 e. The maximum Gasteiger partial charge on any atom is 0.264 e. The highest BCUT2D eigenvalue weighted by molar-refractivity contribution is 9.10. The molecule has 1 aromatic carbocycles. The smallest absolute Gasteiger partial charge is 0.264 e. The molecular weight excluding hydrogens is 420 g/mol. The van der Waals surface area contributed by atoms with Gasteiger partial charge in [0.25, 0.3) is 10.1 Å². The van der Waals surface area contributed by atoms with Gasteiger partial charge in [0, 0.05) is 17.0 Å². The van der Waals surface area contributed by atoms with Crippen LogP contribution in [-0.2, 0) is 25.1 Å². The molecule has 25 heavy (non-hydrogen) atoms. The molecule has 0 amide bonds. The first-order chi connectivity index (χ1) is 11.3. The van der Waals surface area contributed by atoms with Crippen LogP contribution in [0.3, 0.4) is 0 Å². The Morgan fingerprint density at radius 3 is 2.16 bits per heavy atom. The third-order valence-corrected chi connectivity index (χ3v) is 10.4. The Morgan fingerprint density at radius 1 is 1.12 bits per heavy atom. The molecule has 1 atom stereocenters. The summed E-state index contributed by atoms with van der Waals surface area (Å²) in [6.07, 6.45) is 2.78. The van der Waals surface area contributed by atoms with Crippen LogP contribution >= 0.6 is 15.9 Å². The number of hydrogen-bond acceptors (Lipinski definition) is 4. The zero-order valence-electron chi connectivity index (χ0n) is 16.1. The standard InChI is InChI=1S/C18H31BrO4SSi/c1-18(2,3)25(5,6)23-14-16(13-22-24(4,20)21)8-7-15-9-11-17(19)12-10-15/h9-12,16H,7-8,13-14H2,1-6H3/t16-/m1/s1. The molecule has 0 bridgehead atoms. The Labute approximate surface area is 162 Å². The molecule has 0 aliphatic heterocycles. The molecule has 0 heterocycles. The average Bonchev–Trinajstić information content (AvgIpc) is 2.46. The van der Waals surface area contributed by atoms with Crippen LogP contribution in [0.2, 0.25) is 18.1 Å². The number of rotatable bonds is 9. The van der Waals surface area contributed by atoms with E-state index in [0.29, 0.717) is 6.61 Å². The van der Waals surface area contributed by atoms with E-state index in [1.165, 1.54) is 5.56 Å². The summed E-state index contributed by atoms with van der Waals surface area (Å²) >= 11 is 3.44. The molecule has 0 spiro atoms. The minimum absolute atomic E-state index is 0.0486. The fraction of sp³-hybridized carbons (Fsp3) is 0.667. The summed E-state index contributed by atoms with van der Waals surface area (Å²) in [5, 5.41) is 0.126. The molecule has 144 valence electrons. The van der Waals surface area contributed by atoms with Gasteiger partial charge in [-0.2, -0.15) is 8.42 Å². The fourth-order valence-electron chi connectivity index (χ4n) is 2.00. The quantitative estimate of drug-likeness (QED) is 0.392. The van der Waals surface area contributed by atoms with Crippen LogP contribution < -0.4 is 0 Å². The van der Waals surface area contributed by atoms with Gasteiger partial charge in [0.15, 0.2) is 8.32 Å². The van der Waals surface area contributed by atoms with Crippen molar-refractivity contribution in [3.63, 3.8) is 0 Å². The normalized spacial score (nSPS) is 14.5. The lowest BCUT2D eigenvalue weighted by Crippen LogP contribution is -2.42. The van der Waals surface area contributed by atoms with Gasteiger partial charge < -0.3 is 4.43 Å². The van der Waals surface area contributed by atoms with E-state index in [9.17, 15) is 8.42 Å². The van der Waals surface area contributed by atoms with Crippen molar-refractivity contribution < 1.29 is 17.0 Å². The number of halogens is 1. The van der Waals surface area contributed by atoms with Gasteiger partial charge in [-0.3, -0.25) is 4.18 Å². The highest BCUT2D eigenvalue weighted by Gasteiger charge is 2.37. The lowest BCUT2D eigenvalue weighted by molar-refractivity contribution is 0.164. The van der Waals surface area contributed by atoms with Crippen molar-refractivity contribution >= 4 is 34.4 Å². The summed E-state index contributed by atoms with van der Waals surface area (Å²) in [6, 6.07) is 8.19. The van der Waals surface area contributed by atoms with Crippen LogP contribution in [0, 0.1) is 5.92 Å². The van der Waals surface area contributed by atoms with E-state index in [2.05, 4.69) is 61.9 Å². The van der Waals surface area contributed by atoms with E-state index in [4.69, 9.17) is 8.61 Å². The van der Waals surface area contributed by atoms with Crippen LogP contribution in [-0.4, -0.2) is 36.2 Å². The summed E-state index contributed by atoms with van der Waals surface area (Å²) < 4.78 is 35.1. The molecule has 0 unspecified atom stereocenters. The van der Waals surface area contributed by atoms with Gasteiger partial charge in [0.2, 0.25) is 0 Å². The van der Waals surface area contributed by atoms with Crippen LogP contribution in [0.4, 0.5) is 0 Å². The minimum Gasteiger partial charge on any atom is -0.416 e. The van der Waals surface area contributed by atoms with Crippen molar-refractivity contribution in [2.45, 2.75) is 51.7 Å². The summed E-state index contributed by atoms with van der Waals surface area (Å²) in [4.78, 5) is 0. The second-order valence-electron chi connectivity index (χ2n) is 8.09. The Morgan fingerprint density at radius 2 is 1.68 bits per heavy atom. The van der Waals surface area contributed by atoms with Gasteiger partial charge >= 0.3 is 0 Å². The van der Waals surface area contributed by atoms with Crippen LogP contribution in [0.1, 0.15) is 32.8 Å². The molecule has 0 aromatic heterocycles. The molecule has 0 aliphatic rings. The summed E-state index contributed by atoms with van der Waals surface area (Å²) in [6.45, 7) is 11.7. The Balaban J connectivity index is 2.70. The molecule has 0 saturated heterocycles. The van der Waals surface area contributed by atoms with E-state index in [-0.39, 0.29) is 17.6 Å². The SMILES string of the molecule is CC(C)(C)[Si](C)(C)OC[C@H](CCc1ccc(Br)cc1)COS(C)(=O)=O. The molecule has 7 heteroatoms. The summed E-state index contributed by atoms with van der Waals surface area (Å²) in [5.74, 6) is 0.0486. The highest BCUT2D eigenvalue weighted by Crippen LogP contribution is 2.37. The molecule has 0 saturated carbocycles. The number of aryl methyl sites for hydroxylation is 1. The van der Waals surface area contributed by atoms with E-state index < -0.39 is 18.4 Å². The monoisotopic (exact) mass is 450 g/mol. The molecule has 0 fully saturated rings. The van der Waals surface area contributed by atoms with E-state index in [1.54, 1.807) is 0 Å². The third kappa shape index (κ3) is 8.82. The molecule has 1 aromatic rings. The van der Waals surface area contributed by atoms with Gasteiger partial charge in [0.1, 0.15) is 0 Å². The van der Waals surface area contributed by atoms with E-state index in [1.807, 2.05) is 12.1 Å². The fourth-order valence-corrected chi connectivity index (χ4v) is 3.79. The van der Waals surface area contributed by atoms with Crippen molar-refractivity contribution in [1.29, 1.82) is 0 Å². The van der Waals surface area contributed by atoms with Gasteiger partial charge in [-0.15, -0.1) is 0 Å². The van der Waals surface area contributed by atoms with Gasteiger partial charge in [0.05, 0.1) is 12.9 Å². The molecule has 0 aliphatic carbocycles. The average molecular weight is 451 g/mol.